The summed E-state index contributed by atoms with van der Waals surface area (Å²) >= 11 is 1.26. The van der Waals surface area contributed by atoms with Gasteiger partial charge in [0.1, 0.15) is 0 Å². The summed E-state index contributed by atoms with van der Waals surface area (Å²) in [5, 5.41) is 18.4. The third kappa shape index (κ3) is 4.83. The summed E-state index contributed by atoms with van der Waals surface area (Å²) in [5.74, 6) is -1.51. The van der Waals surface area contributed by atoms with Gasteiger partial charge < -0.3 is 25.8 Å². The van der Waals surface area contributed by atoms with E-state index in [0.29, 0.717) is 17.3 Å². The van der Waals surface area contributed by atoms with E-state index in [0.717, 1.165) is 10.6 Å². The fourth-order valence-corrected chi connectivity index (χ4v) is 2.36. The van der Waals surface area contributed by atoms with Gasteiger partial charge in [0, 0.05) is 11.9 Å². The predicted octanol–water partition coefficient (Wildman–Crippen LogP) is -2.66. The summed E-state index contributed by atoms with van der Waals surface area (Å²) in [6.07, 6.45) is 1.93. The van der Waals surface area contributed by atoms with Crippen LogP contribution in [0.15, 0.2) is 11.4 Å². The summed E-state index contributed by atoms with van der Waals surface area (Å²) < 4.78 is 0. The molecule has 2 atom stereocenters. The maximum absolute atomic E-state index is 11.1. The molecule has 0 saturated carbocycles. The van der Waals surface area contributed by atoms with Crippen LogP contribution >= 0.6 is 11.8 Å². The van der Waals surface area contributed by atoms with E-state index < -0.39 is 24.0 Å². The van der Waals surface area contributed by atoms with Gasteiger partial charge in [-0.25, -0.2) is 14.6 Å². The Morgan fingerprint density at radius 1 is 1.45 bits per heavy atom. The molecule has 0 bridgehead atoms. The quantitative estimate of drug-likeness (QED) is 0.333. The Kier molecular flexibility index (Phi) is 5.99. The minimum atomic E-state index is -0.952. The molecule has 8 nitrogen and oxygen atoms in total. The number of carboxylic acid groups (broad SMARTS) is 2. The van der Waals surface area contributed by atoms with Crippen LogP contribution in [0, 0.1) is 0 Å². The first-order valence-corrected chi connectivity index (χ1v) is 7.05. The number of H-pyrrole nitrogens is 1. The Morgan fingerprint density at radius 2 is 2.10 bits per heavy atom. The van der Waals surface area contributed by atoms with Crippen LogP contribution in [0.4, 0.5) is 0 Å². The molecule has 20 heavy (non-hydrogen) atoms. The smallest absolute Gasteiger partial charge is 0.363 e. The number of aliphatic carboxylic acids is 2. The van der Waals surface area contributed by atoms with Crippen molar-refractivity contribution in [1.82, 2.24) is 9.97 Å². The van der Waals surface area contributed by atoms with Crippen LogP contribution in [0.3, 0.4) is 0 Å². The largest absolute Gasteiger partial charge is 0.477 e. The van der Waals surface area contributed by atoms with Crippen molar-refractivity contribution >= 4 is 23.7 Å². The Labute approximate surface area is 120 Å². The molecule has 0 radical (unpaired) electrons. The summed E-state index contributed by atoms with van der Waals surface area (Å²) in [4.78, 5) is 29.7. The zero-order valence-corrected chi connectivity index (χ0v) is 12.2. The second-order valence-corrected chi connectivity index (χ2v) is 5.74. The molecule has 0 amide bonds. The monoisotopic (exact) mass is 304 g/mol. The molecule has 1 rings (SSSR count). The van der Waals surface area contributed by atoms with Gasteiger partial charge in [-0.15, -0.1) is 0 Å². The highest BCUT2D eigenvalue weighted by molar-refractivity contribution is 7.99. The van der Waals surface area contributed by atoms with E-state index in [9.17, 15) is 9.59 Å². The van der Waals surface area contributed by atoms with Gasteiger partial charge in [0.05, 0.1) is 26.3 Å². The van der Waals surface area contributed by atoms with Gasteiger partial charge in [0.15, 0.2) is 17.2 Å². The van der Waals surface area contributed by atoms with Crippen molar-refractivity contribution in [3.05, 3.63) is 11.9 Å². The number of thioether (sulfide) groups is 1. The Bertz CT molecular complexity index is 477. The SMILES string of the molecule is C[NH+](C)[C@@H](Cc1cnc(SCC([NH3+])C(=O)O)[nH]1)C(=O)O. The second kappa shape index (κ2) is 7.27. The van der Waals surface area contributed by atoms with E-state index in [4.69, 9.17) is 10.2 Å². The van der Waals surface area contributed by atoms with Crippen molar-refractivity contribution in [3.63, 3.8) is 0 Å². The van der Waals surface area contributed by atoms with E-state index >= 15 is 0 Å². The number of aromatic nitrogens is 2. The number of quaternary nitrogens is 2. The molecular weight excluding hydrogens is 284 g/mol. The van der Waals surface area contributed by atoms with E-state index in [-0.39, 0.29) is 0 Å². The highest BCUT2D eigenvalue weighted by Gasteiger charge is 2.25. The number of nitrogens with one attached hydrogen (secondary N) is 2. The molecule has 1 aromatic heterocycles. The average molecular weight is 304 g/mol. The van der Waals surface area contributed by atoms with E-state index in [1.165, 1.54) is 11.8 Å². The Hall–Kier alpha value is -1.58. The zero-order chi connectivity index (χ0) is 15.3. The molecule has 0 aliphatic rings. The minimum Gasteiger partial charge on any atom is -0.477 e. The predicted molar refractivity (Wildman–Crippen MR) is 71.6 cm³/mol. The van der Waals surface area contributed by atoms with Crippen LogP contribution in [0.5, 0.6) is 0 Å². The number of carbonyl (C=O) groups is 2. The second-order valence-electron chi connectivity index (χ2n) is 4.73. The number of nitrogens with zero attached hydrogens (tertiary/aromatic N) is 1. The molecule has 0 spiro atoms. The third-order valence-electron chi connectivity index (χ3n) is 2.79. The van der Waals surface area contributed by atoms with Crippen LogP contribution < -0.4 is 10.6 Å². The van der Waals surface area contributed by atoms with Gasteiger partial charge in [-0.3, -0.25) is 0 Å². The molecule has 9 heteroatoms. The van der Waals surface area contributed by atoms with Gasteiger partial charge in [0.25, 0.3) is 0 Å². The van der Waals surface area contributed by atoms with Gasteiger partial charge in [0.2, 0.25) is 0 Å². The number of likely N-dealkylation sites (N-methyl/N-ethyl adjacent to an activating group) is 1. The van der Waals surface area contributed by atoms with E-state index in [1.54, 1.807) is 20.3 Å². The molecule has 1 aromatic rings. The number of aromatic amines is 1. The standard InChI is InChI=1S/C11H18N4O4S/c1-15(2)8(10(18)19)3-6-4-13-11(14-6)20-5-7(12)9(16)17/h4,7-8H,3,5,12H2,1-2H3,(H,13,14)(H,16,17)(H,18,19)/p+2/t7?,8-/m0/s1. The van der Waals surface area contributed by atoms with Crippen molar-refractivity contribution < 1.29 is 30.4 Å². The van der Waals surface area contributed by atoms with E-state index in [2.05, 4.69) is 15.7 Å². The molecule has 7 N–H and O–H groups in total. The fraction of sp³-hybridized carbons (Fsp3) is 0.545. The molecule has 0 fully saturated rings. The molecule has 0 aromatic carbocycles. The van der Waals surface area contributed by atoms with Crippen LogP contribution in [-0.2, 0) is 16.0 Å². The lowest BCUT2D eigenvalue weighted by molar-refractivity contribution is -0.876. The Morgan fingerprint density at radius 3 is 2.60 bits per heavy atom. The summed E-state index contributed by atoms with van der Waals surface area (Å²) in [6, 6.07) is -1.25. The molecule has 0 aliphatic heterocycles. The number of imidazole rings is 1. The minimum absolute atomic E-state index is 0.309. The van der Waals surface area contributed by atoms with Crippen molar-refractivity contribution in [2.45, 2.75) is 23.7 Å². The Balaban J connectivity index is 2.59. The van der Waals surface area contributed by atoms with Crippen LogP contribution in [0.25, 0.3) is 0 Å². The van der Waals surface area contributed by atoms with Gasteiger partial charge in [-0.1, -0.05) is 11.8 Å². The summed E-state index contributed by atoms with van der Waals surface area (Å²) in [6.45, 7) is 0. The van der Waals surface area contributed by atoms with Crippen LogP contribution in [0.1, 0.15) is 5.69 Å². The van der Waals surface area contributed by atoms with Crippen molar-refractivity contribution in [2.24, 2.45) is 0 Å². The third-order valence-corrected chi connectivity index (χ3v) is 3.84. The summed E-state index contributed by atoms with van der Waals surface area (Å²) in [5.41, 5.74) is 4.23. The maximum Gasteiger partial charge on any atom is 0.363 e. The number of hydrogen-bond donors (Lipinski definition) is 5. The number of hydrogen-bond acceptors (Lipinski definition) is 4. The zero-order valence-electron chi connectivity index (χ0n) is 11.4. The van der Waals surface area contributed by atoms with Crippen LogP contribution in [0.2, 0.25) is 0 Å². The topological polar surface area (TPSA) is 135 Å². The molecule has 1 heterocycles. The van der Waals surface area contributed by atoms with E-state index in [1.807, 2.05) is 0 Å². The number of rotatable bonds is 8. The summed E-state index contributed by atoms with van der Waals surface area (Å²) in [7, 11) is 3.57. The highest BCUT2D eigenvalue weighted by atomic mass is 32.2. The first-order chi connectivity index (χ1) is 9.31. The van der Waals surface area contributed by atoms with Crippen LogP contribution in [-0.4, -0.2) is 64.1 Å². The van der Waals surface area contributed by atoms with Gasteiger partial charge in [-0.05, 0) is 0 Å². The number of carboxylic acids is 2. The fourth-order valence-electron chi connectivity index (χ4n) is 1.52. The highest BCUT2D eigenvalue weighted by Crippen LogP contribution is 2.14. The lowest BCUT2D eigenvalue weighted by Crippen LogP contribution is -3.11. The van der Waals surface area contributed by atoms with Crippen molar-refractivity contribution in [2.75, 3.05) is 19.8 Å². The molecule has 1 unspecified atom stereocenters. The molecule has 112 valence electrons. The van der Waals surface area contributed by atoms with Crippen molar-refractivity contribution in [3.8, 4) is 0 Å². The first kappa shape index (κ1) is 16.5. The lowest BCUT2D eigenvalue weighted by atomic mass is 10.1. The molecular formula is C11H20N4O4S+2. The molecule has 0 saturated heterocycles. The molecule has 0 aliphatic carbocycles. The average Bonchev–Trinajstić information content (AvgIpc) is 2.79. The first-order valence-electron chi connectivity index (χ1n) is 6.06. The normalized spacial score (nSPS) is 14.2. The van der Waals surface area contributed by atoms with Gasteiger partial charge >= 0.3 is 11.9 Å². The lowest BCUT2D eigenvalue weighted by Gasteiger charge is -2.15. The maximum atomic E-state index is 11.1. The van der Waals surface area contributed by atoms with Crippen molar-refractivity contribution in [1.29, 1.82) is 0 Å². The van der Waals surface area contributed by atoms with Gasteiger partial charge in [-0.2, -0.15) is 0 Å².